The predicted molar refractivity (Wildman–Crippen MR) is 74.7 cm³/mol. The highest BCUT2D eigenvalue weighted by Crippen LogP contribution is 2.35. The van der Waals surface area contributed by atoms with Crippen LogP contribution in [0.2, 0.25) is 0 Å². The number of alkyl halides is 2. The molecule has 0 radical (unpaired) electrons. The summed E-state index contributed by atoms with van der Waals surface area (Å²) in [5.41, 5.74) is -0.488. The average molecular weight is 300 g/mol. The number of benzene rings is 1. The van der Waals surface area contributed by atoms with Crippen LogP contribution >= 0.6 is 0 Å². The van der Waals surface area contributed by atoms with Gasteiger partial charge < -0.3 is 10.0 Å². The highest BCUT2D eigenvalue weighted by molar-refractivity contribution is 5.59. The van der Waals surface area contributed by atoms with Crippen LogP contribution in [0.1, 0.15) is 37.7 Å². The second-order valence-corrected chi connectivity index (χ2v) is 5.33. The van der Waals surface area contributed by atoms with Gasteiger partial charge in [-0.1, -0.05) is 12.8 Å². The zero-order chi connectivity index (χ0) is 15.6. The van der Waals surface area contributed by atoms with Crippen molar-refractivity contribution < 1.29 is 18.8 Å². The van der Waals surface area contributed by atoms with E-state index in [2.05, 4.69) is 0 Å². The number of nitro groups is 1. The van der Waals surface area contributed by atoms with E-state index in [1.807, 2.05) is 0 Å². The Balaban J connectivity index is 2.35. The second kappa shape index (κ2) is 6.34. The monoisotopic (exact) mass is 300 g/mol. The highest BCUT2D eigenvalue weighted by atomic mass is 19.3. The van der Waals surface area contributed by atoms with Gasteiger partial charge in [-0.3, -0.25) is 10.1 Å². The van der Waals surface area contributed by atoms with Crippen molar-refractivity contribution in [3.05, 3.63) is 33.9 Å². The average Bonchev–Trinajstić information content (AvgIpc) is 2.46. The smallest absolute Gasteiger partial charge is 0.270 e. The molecule has 2 atom stereocenters. The minimum Gasteiger partial charge on any atom is -0.391 e. The van der Waals surface area contributed by atoms with Crippen molar-refractivity contribution in [2.24, 2.45) is 0 Å². The van der Waals surface area contributed by atoms with Gasteiger partial charge in [0.25, 0.3) is 12.1 Å². The predicted octanol–water partition coefficient (Wildman–Crippen LogP) is 3.27. The Morgan fingerprint density at radius 2 is 2.05 bits per heavy atom. The number of aliphatic hydroxyl groups excluding tert-OH is 1. The first-order valence-electron chi connectivity index (χ1n) is 6.89. The first kappa shape index (κ1) is 15.6. The number of aliphatic hydroxyl groups is 1. The molecule has 0 bridgehead atoms. The number of nitrogens with zero attached hydrogens (tertiary/aromatic N) is 2. The number of rotatable bonds is 4. The molecular formula is C14H18F2N2O3. The molecule has 1 N–H and O–H groups in total. The van der Waals surface area contributed by atoms with Crippen molar-refractivity contribution in [3.63, 3.8) is 0 Å². The van der Waals surface area contributed by atoms with Crippen LogP contribution in [-0.2, 0) is 0 Å². The van der Waals surface area contributed by atoms with Gasteiger partial charge in [0.15, 0.2) is 0 Å². The zero-order valence-corrected chi connectivity index (χ0v) is 11.7. The first-order chi connectivity index (χ1) is 9.91. The molecule has 7 heteroatoms. The molecule has 1 fully saturated rings. The van der Waals surface area contributed by atoms with Gasteiger partial charge in [0, 0.05) is 30.4 Å². The summed E-state index contributed by atoms with van der Waals surface area (Å²) in [7, 11) is 1.65. The number of anilines is 1. The molecule has 5 nitrogen and oxygen atoms in total. The molecule has 0 spiro atoms. The summed E-state index contributed by atoms with van der Waals surface area (Å²) in [5, 5.41) is 20.8. The molecular weight excluding hydrogens is 282 g/mol. The molecule has 116 valence electrons. The minimum atomic E-state index is -2.80. The molecule has 0 aromatic heterocycles. The van der Waals surface area contributed by atoms with Crippen LogP contribution in [0.5, 0.6) is 0 Å². The molecule has 2 rings (SSSR count). The van der Waals surface area contributed by atoms with E-state index in [0.717, 1.165) is 25.3 Å². The van der Waals surface area contributed by atoms with Gasteiger partial charge in [-0.15, -0.1) is 0 Å². The molecule has 0 heterocycles. The van der Waals surface area contributed by atoms with Crippen LogP contribution in [0.15, 0.2) is 18.2 Å². The van der Waals surface area contributed by atoms with Crippen LogP contribution in [-0.4, -0.2) is 29.2 Å². The van der Waals surface area contributed by atoms with Gasteiger partial charge in [0.05, 0.1) is 17.1 Å². The fraction of sp³-hybridized carbons (Fsp3) is 0.571. The lowest BCUT2D eigenvalue weighted by Crippen LogP contribution is -2.43. The maximum absolute atomic E-state index is 13.2. The van der Waals surface area contributed by atoms with Crippen LogP contribution in [0.4, 0.5) is 20.2 Å². The fourth-order valence-corrected chi connectivity index (χ4v) is 2.87. The summed E-state index contributed by atoms with van der Waals surface area (Å²) in [6, 6.07) is 3.22. The van der Waals surface area contributed by atoms with Gasteiger partial charge >= 0.3 is 0 Å². The summed E-state index contributed by atoms with van der Waals surface area (Å²) in [6.45, 7) is 0. The number of non-ortho nitro benzene ring substituents is 1. The van der Waals surface area contributed by atoms with Gasteiger partial charge in [0.1, 0.15) is 0 Å². The summed E-state index contributed by atoms with van der Waals surface area (Å²) < 4.78 is 26.4. The normalized spacial score (nSPS) is 22.3. The summed E-state index contributed by atoms with van der Waals surface area (Å²) in [4.78, 5) is 11.6. The zero-order valence-electron chi connectivity index (χ0n) is 11.7. The van der Waals surface area contributed by atoms with Gasteiger partial charge in [0.2, 0.25) is 0 Å². The number of halogens is 2. The summed E-state index contributed by atoms with van der Waals surface area (Å²) >= 11 is 0. The van der Waals surface area contributed by atoms with E-state index in [0.29, 0.717) is 6.42 Å². The maximum atomic E-state index is 13.2. The molecule has 1 aliphatic carbocycles. The molecule has 1 aliphatic rings. The number of hydrogen-bond donors (Lipinski definition) is 1. The molecule has 0 amide bonds. The van der Waals surface area contributed by atoms with E-state index in [-0.39, 0.29) is 23.0 Å². The van der Waals surface area contributed by atoms with Crippen molar-refractivity contribution in [1.29, 1.82) is 0 Å². The van der Waals surface area contributed by atoms with E-state index in [9.17, 15) is 24.0 Å². The third-order valence-corrected chi connectivity index (χ3v) is 4.03. The molecule has 0 aliphatic heterocycles. The molecule has 2 unspecified atom stereocenters. The fourth-order valence-electron chi connectivity index (χ4n) is 2.87. The Hall–Kier alpha value is -1.76. The molecule has 0 saturated heterocycles. The van der Waals surface area contributed by atoms with E-state index >= 15 is 0 Å². The number of likely N-dealkylation sites (N-methyl/N-ethyl adjacent to an activating group) is 1. The Labute approximate surface area is 121 Å². The van der Waals surface area contributed by atoms with E-state index in [1.54, 1.807) is 11.9 Å². The number of nitro benzene ring substituents is 1. The van der Waals surface area contributed by atoms with Crippen LogP contribution in [0.25, 0.3) is 0 Å². The van der Waals surface area contributed by atoms with Gasteiger partial charge in [-0.25, -0.2) is 8.78 Å². The van der Waals surface area contributed by atoms with Crippen molar-refractivity contribution in [2.75, 3.05) is 11.9 Å². The van der Waals surface area contributed by atoms with E-state index in [1.165, 1.54) is 12.1 Å². The molecule has 21 heavy (non-hydrogen) atoms. The van der Waals surface area contributed by atoms with Crippen LogP contribution in [0.3, 0.4) is 0 Å². The topological polar surface area (TPSA) is 66.6 Å². The van der Waals surface area contributed by atoms with Crippen molar-refractivity contribution in [3.8, 4) is 0 Å². The standard InChI is InChI=1S/C14H18F2N2O3/c1-17(12-4-2-3-5-13(12)19)11-7-6-9(18(20)21)8-10(11)14(15)16/h6-8,12-14,19H,2-5H2,1H3. The van der Waals surface area contributed by atoms with E-state index in [4.69, 9.17) is 0 Å². The van der Waals surface area contributed by atoms with Crippen LogP contribution in [0, 0.1) is 10.1 Å². The Kier molecular flexibility index (Phi) is 4.72. The minimum absolute atomic E-state index is 0.238. The lowest BCUT2D eigenvalue weighted by molar-refractivity contribution is -0.385. The molecule has 1 saturated carbocycles. The Morgan fingerprint density at radius 1 is 1.38 bits per heavy atom. The van der Waals surface area contributed by atoms with Crippen molar-refractivity contribution in [1.82, 2.24) is 0 Å². The maximum Gasteiger partial charge on any atom is 0.270 e. The quantitative estimate of drug-likeness (QED) is 0.684. The lowest BCUT2D eigenvalue weighted by atomic mass is 9.91. The molecule has 1 aromatic rings. The second-order valence-electron chi connectivity index (χ2n) is 5.33. The van der Waals surface area contributed by atoms with Gasteiger partial charge in [-0.2, -0.15) is 0 Å². The van der Waals surface area contributed by atoms with Crippen molar-refractivity contribution in [2.45, 2.75) is 44.3 Å². The largest absolute Gasteiger partial charge is 0.391 e. The Morgan fingerprint density at radius 3 is 2.62 bits per heavy atom. The summed E-state index contributed by atoms with van der Waals surface area (Å²) in [6.07, 6.45) is -0.146. The first-order valence-corrected chi connectivity index (χ1v) is 6.89. The number of hydrogen-bond acceptors (Lipinski definition) is 4. The highest BCUT2D eigenvalue weighted by Gasteiger charge is 2.29. The Bertz CT molecular complexity index is 525. The van der Waals surface area contributed by atoms with Gasteiger partial charge in [-0.05, 0) is 18.9 Å². The summed E-state index contributed by atoms with van der Waals surface area (Å²) in [5.74, 6) is 0. The van der Waals surface area contributed by atoms with Crippen LogP contribution < -0.4 is 4.90 Å². The SMILES string of the molecule is CN(c1ccc([N+](=O)[O-])cc1C(F)F)C1CCCCC1O. The van der Waals surface area contributed by atoms with Crippen molar-refractivity contribution >= 4 is 11.4 Å². The third-order valence-electron chi connectivity index (χ3n) is 4.03. The lowest BCUT2D eigenvalue weighted by Gasteiger charge is -2.37. The third kappa shape index (κ3) is 3.29. The molecule has 1 aromatic carbocycles. The van der Waals surface area contributed by atoms with E-state index < -0.39 is 17.5 Å².